The van der Waals surface area contributed by atoms with Gasteiger partial charge in [-0.2, -0.15) is 5.10 Å². The normalized spacial score (nSPS) is 11.0. The summed E-state index contributed by atoms with van der Waals surface area (Å²) in [7, 11) is 0. The van der Waals surface area contributed by atoms with E-state index in [0.29, 0.717) is 21.4 Å². The fourth-order valence-corrected chi connectivity index (χ4v) is 4.07. The Kier molecular flexibility index (Phi) is 6.82. The number of carbonyl (C=O) groups excluding carboxylic acids is 1. The van der Waals surface area contributed by atoms with Crippen LogP contribution in [0.2, 0.25) is 5.02 Å². The SMILES string of the molecule is Cc1ccc(C(=O)Nc2sc(N/N=C\c3c(F)cccc3Cl)nc2-c2ccc(C)cc2)cc1. The number of aromatic nitrogens is 1. The van der Waals surface area contributed by atoms with Crippen molar-refractivity contribution in [3.63, 3.8) is 0 Å². The van der Waals surface area contributed by atoms with Gasteiger partial charge >= 0.3 is 0 Å². The Morgan fingerprint density at radius 1 is 1.03 bits per heavy atom. The second-order valence-electron chi connectivity index (χ2n) is 7.39. The average molecular weight is 479 g/mol. The first-order chi connectivity index (χ1) is 15.9. The van der Waals surface area contributed by atoms with Crippen LogP contribution in [0.15, 0.2) is 71.8 Å². The molecule has 0 bridgehead atoms. The molecule has 166 valence electrons. The summed E-state index contributed by atoms with van der Waals surface area (Å²) in [5, 5.41) is 8.30. The fraction of sp³-hybridized carbons (Fsp3) is 0.0800. The van der Waals surface area contributed by atoms with E-state index in [1.807, 2.05) is 50.2 Å². The number of anilines is 2. The molecule has 4 rings (SSSR count). The van der Waals surface area contributed by atoms with Crippen molar-refractivity contribution in [1.82, 2.24) is 4.98 Å². The molecule has 1 amide bonds. The van der Waals surface area contributed by atoms with Gasteiger partial charge in [0.1, 0.15) is 16.5 Å². The summed E-state index contributed by atoms with van der Waals surface area (Å²) in [6, 6.07) is 19.6. The molecule has 33 heavy (non-hydrogen) atoms. The number of hydrogen-bond acceptors (Lipinski definition) is 5. The molecule has 5 nitrogen and oxygen atoms in total. The maximum Gasteiger partial charge on any atom is 0.256 e. The Morgan fingerprint density at radius 3 is 2.36 bits per heavy atom. The van der Waals surface area contributed by atoms with E-state index >= 15 is 0 Å². The van der Waals surface area contributed by atoms with E-state index in [9.17, 15) is 9.18 Å². The zero-order chi connectivity index (χ0) is 23.4. The lowest BCUT2D eigenvalue weighted by atomic mass is 10.1. The number of halogens is 2. The molecule has 0 unspecified atom stereocenters. The minimum Gasteiger partial charge on any atom is -0.312 e. The molecule has 0 saturated carbocycles. The molecule has 0 saturated heterocycles. The molecule has 0 fully saturated rings. The number of aryl methyl sites for hydroxylation is 2. The summed E-state index contributed by atoms with van der Waals surface area (Å²) < 4.78 is 14.0. The van der Waals surface area contributed by atoms with Crippen LogP contribution < -0.4 is 10.7 Å². The predicted molar refractivity (Wildman–Crippen MR) is 134 cm³/mol. The Labute approximate surface area is 200 Å². The second-order valence-corrected chi connectivity index (χ2v) is 8.79. The van der Waals surface area contributed by atoms with E-state index in [1.54, 1.807) is 18.2 Å². The third-order valence-corrected chi connectivity index (χ3v) is 6.05. The summed E-state index contributed by atoms with van der Waals surface area (Å²) in [4.78, 5) is 17.4. The topological polar surface area (TPSA) is 66.4 Å². The number of hydrogen-bond donors (Lipinski definition) is 2. The Balaban J connectivity index is 1.62. The van der Waals surface area contributed by atoms with Gasteiger partial charge in [0.25, 0.3) is 5.91 Å². The van der Waals surface area contributed by atoms with E-state index in [0.717, 1.165) is 16.7 Å². The summed E-state index contributed by atoms with van der Waals surface area (Å²) in [6.45, 7) is 3.97. The maximum absolute atomic E-state index is 14.0. The van der Waals surface area contributed by atoms with Crippen molar-refractivity contribution in [1.29, 1.82) is 0 Å². The van der Waals surface area contributed by atoms with Crippen LogP contribution in [0.3, 0.4) is 0 Å². The van der Waals surface area contributed by atoms with Crippen LogP contribution >= 0.6 is 22.9 Å². The zero-order valence-electron chi connectivity index (χ0n) is 17.9. The fourth-order valence-electron chi connectivity index (χ4n) is 3.03. The third kappa shape index (κ3) is 5.45. The largest absolute Gasteiger partial charge is 0.312 e. The van der Waals surface area contributed by atoms with Crippen LogP contribution in [0.5, 0.6) is 0 Å². The van der Waals surface area contributed by atoms with Gasteiger partial charge in [0, 0.05) is 16.7 Å². The van der Waals surface area contributed by atoms with Crippen molar-refractivity contribution >= 4 is 45.2 Å². The lowest BCUT2D eigenvalue weighted by Crippen LogP contribution is -2.11. The first-order valence-electron chi connectivity index (χ1n) is 10.1. The number of benzene rings is 3. The molecule has 8 heteroatoms. The Morgan fingerprint density at radius 2 is 1.70 bits per heavy atom. The summed E-state index contributed by atoms with van der Waals surface area (Å²) >= 11 is 7.27. The molecule has 0 spiro atoms. The summed E-state index contributed by atoms with van der Waals surface area (Å²) in [6.07, 6.45) is 1.30. The number of nitrogens with one attached hydrogen (secondary N) is 2. The van der Waals surface area contributed by atoms with Gasteiger partial charge in [-0.15, -0.1) is 0 Å². The first-order valence-corrected chi connectivity index (χ1v) is 11.3. The van der Waals surface area contributed by atoms with E-state index in [-0.39, 0.29) is 16.5 Å². The number of carbonyl (C=O) groups is 1. The predicted octanol–water partition coefficient (Wildman–Crippen LogP) is 6.92. The molecule has 0 atom stereocenters. The van der Waals surface area contributed by atoms with Gasteiger partial charge in [-0.3, -0.25) is 10.2 Å². The molecule has 2 N–H and O–H groups in total. The lowest BCUT2D eigenvalue weighted by molar-refractivity contribution is 0.102. The zero-order valence-corrected chi connectivity index (χ0v) is 19.5. The average Bonchev–Trinajstić information content (AvgIpc) is 3.19. The molecule has 0 aliphatic rings. The lowest BCUT2D eigenvalue weighted by Gasteiger charge is -2.06. The Bertz CT molecular complexity index is 1300. The molecule has 0 aliphatic heterocycles. The van der Waals surface area contributed by atoms with Crippen molar-refractivity contribution in [3.8, 4) is 11.3 Å². The van der Waals surface area contributed by atoms with Crippen molar-refractivity contribution in [2.75, 3.05) is 10.7 Å². The molecular formula is C25H20ClFN4OS. The van der Waals surface area contributed by atoms with Crippen molar-refractivity contribution in [2.24, 2.45) is 5.10 Å². The molecule has 0 aliphatic carbocycles. The van der Waals surface area contributed by atoms with Gasteiger partial charge in [-0.25, -0.2) is 9.37 Å². The molecule has 4 aromatic rings. The van der Waals surface area contributed by atoms with Gasteiger partial charge < -0.3 is 5.32 Å². The minimum atomic E-state index is -0.474. The quantitative estimate of drug-likeness (QED) is 0.233. The smallest absolute Gasteiger partial charge is 0.256 e. The van der Waals surface area contributed by atoms with Gasteiger partial charge in [0.15, 0.2) is 0 Å². The number of rotatable bonds is 6. The van der Waals surface area contributed by atoms with Crippen molar-refractivity contribution in [2.45, 2.75) is 13.8 Å². The maximum atomic E-state index is 14.0. The minimum absolute atomic E-state index is 0.176. The van der Waals surface area contributed by atoms with Gasteiger partial charge in [-0.05, 0) is 38.1 Å². The van der Waals surface area contributed by atoms with E-state index < -0.39 is 5.82 Å². The molecule has 3 aromatic carbocycles. The van der Waals surface area contributed by atoms with Crippen molar-refractivity contribution < 1.29 is 9.18 Å². The van der Waals surface area contributed by atoms with Gasteiger partial charge in [0.05, 0.1) is 11.2 Å². The highest BCUT2D eigenvalue weighted by Gasteiger charge is 2.16. The van der Waals surface area contributed by atoms with E-state index in [4.69, 9.17) is 11.6 Å². The first kappa shape index (κ1) is 22.6. The molecular weight excluding hydrogens is 459 g/mol. The summed E-state index contributed by atoms with van der Waals surface area (Å²) in [5.41, 5.74) is 7.19. The van der Waals surface area contributed by atoms with Crippen LogP contribution in [0.4, 0.5) is 14.5 Å². The highest BCUT2D eigenvalue weighted by atomic mass is 35.5. The number of amides is 1. The number of nitrogens with zero attached hydrogens (tertiary/aromatic N) is 2. The highest BCUT2D eigenvalue weighted by Crippen LogP contribution is 2.36. The van der Waals surface area contributed by atoms with Crippen LogP contribution in [-0.2, 0) is 0 Å². The third-order valence-electron chi connectivity index (χ3n) is 4.85. The van der Waals surface area contributed by atoms with Gasteiger partial charge in [0.2, 0.25) is 5.13 Å². The molecule has 1 heterocycles. The molecule has 0 radical (unpaired) electrons. The molecule has 1 aromatic heterocycles. The van der Waals surface area contributed by atoms with Crippen molar-refractivity contribution in [3.05, 3.63) is 99.8 Å². The van der Waals surface area contributed by atoms with Gasteiger partial charge in [-0.1, -0.05) is 76.5 Å². The van der Waals surface area contributed by atoms with Crippen LogP contribution in [0.1, 0.15) is 27.0 Å². The standard InChI is InChI=1S/C25H20ClFN4OS/c1-15-6-10-17(11-7-15)22-24(30-23(32)18-12-8-16(2)9-13-18)33-25(29-22)31-28-14-19-20(26)4-3-5-21(19)27/h3-14H,1-2H3,(H,29,31)(H,30,32)/b28-14-. The monoisotopic (exact) mass is 478 g/mol. The van der Waals surface area contributed by atoms with Crippen LogP contribution in [0, 0.1) is 19.7 Å². The highest BCUT2D eigenvalue weighted by molar-refractivity contribution is 7.20. The summed E-state index contributed by atoms with van der Waals surface area (Å²) in [5.74, 6) is -0.709. The second kappa shape index (κ2) is 9.94. The van der Waals surface area contributed by atoms with E-state index in [2.05, 4.69) is 20.8 Å². The number of thiazole rings is 1. The van der Waals surface area contributed by atoms with E-state index in [1.165, 1.54) is 29.7 Å². The van der Waals surface area contributed by atoms with Crippen LogP contribution in [-0.4, -0.2) is 17.1 Å². The number of hydrazone groups is 1. The Hall–Kier alpha value is -3.55. The van der Waals surface area contributed by atoms with Crippen LogP contribution in [0.25, 0.3) is 11.3 Å².